The van der Waals surface area contributed by atoms with Crippen molar-refractivity contribution in [1.82, 2.24) is 5.16 Å². The molecule has 7 heteroatoms. The van der Waals surface area contributed by atoms with E-state index in [-0.39, 0.29) is 11.4 Å². The number of amides is 1. The van der Waals surface area contributed by atoms with Crippen molar-refractivity contribution in [3.05, 3.63) is 47.1 Å². The molecule has 1 aromatic heterocycles. The number of aryl methyl sites for hydroxylation is 1. The number of carboxylic acid groups (broad SMARTS) is 1. The van der Waals surface area contributed by atoms with Crippen molar-refractivity contribution in [1.29, 1.82) is 0 Å². The van der Waals surface area contributed by atoms with Gasteiger partial charge < -0.3 is 14.9 Å². The quantitative estimate of drug-likeness (QED) is 0.885. The molecule has 2 rings (SSSR count). The molecule has 0 spiro atoms. The van der Waals surface area contributed by atoms with Crippen molar-refractivity contribution in [2.75, 3.05) is 5.32 Å². The van der Waals surface area contributed by atoms with Gasteiger partial charge in [0.15, 0.2) is 5.69 Å². The first-order valence-electron chi connectivity index (χ1n) is 5.25. The molecule has 0 aliphatic carbocycles. The zero-order valence-electron chi connectivity index (χ0n) is 9.81. The van der Waals surface area contributed by atoms with Crippen LogP contribution < -0.4 is 5.32 Å². The Labute approximate surface area is 106 Å². The molecule has 98 valence electrons. The van der Waals surface area contributed by atoms with Crippen LogP contribution in [0.25, 0.3) is 0 Å². The molecule has 0 unspecified atom stereocenters. The molecule has 0 aliphatic heterocycles. The van der Waals surface area contributed by atoms with Gasteiger partial charge in [0.25, 0.3) is 5.91 Å². The van der Waals surface area contributed by atoms with Gasteiger partial charge in [-0.3, -0.25) is 4.79 Å². The number of hydrogen-bond donors (Lipinski definition) is 2. The third-order valence-electron chi connectivity index (χ3n) is 2.41. The Morgan fingerprint density at radius 1 is 1.42 bits per heavy atom. The fraction of sp³-hybridized carbons (Fsp3) is 0.0833. The first-order valence-corrected chi connectivity index (χ1v) is 5.25. The van der Waals surface area contributed by atoms with Crippen molar-refractivity contribution in [2.24, 2.45) is 0 Å². The molecule has 0 saturated carbocycles. The van der Waals surface area contributed by atoms with Crippen LogP contribution in [0.5, 0.6) is 0 Å². The van der Waals surface area contributed by atoms with Crippen LogP contribution in [0.3, 0.4) is 0 Å². The molecule has 0 radical (unpaired) electrons. The molecule has 0 saturated heterocycles. The van der Waals surface area contributed by atoms with Crippen molar-refractivity contribution < 1.29 is 23.6 Å². The molecule has 2 aromatic rings. The lowest BCUT2D eigenvalue weighted by atomic mass is 10.2. The van der Waals surface area contributed by atoms with E-state index in [1.54, 1.807) is 13.0 Å². The van der Waals surface area contributed by atoms with Gasteiger partial charge in [-0.2, -0.15) is 0 Å². The fourth-order valence-corrected chi connectivity index (χ4v) is 1.45. The number of aromatic carboxylic acids is 1. The third-order valence-corrected chi connectivity index (χ3v) is 2.41. The lowest BCUT2D eigenvalue weighted by Crippen LogP contribution is -2.14. The smallest absolute Gasteiger partial charge is 0.374 e. The lowest BCUT2D eigenvalue weighted by Gasteiger charge is -2.07. The minimum Gasteiger partial charge on any atom is -0.475 e. The van der Waals surface area contributed by atoms with Gasteiger partial charge in [-0.1, -0.05) is 17.3 Å². The summed E-state index contributed by atoms with van der Waals surface area (Å²) in [5.74, 6) is -3.14. The maximum absolute atomic E-state index is 13.5. The van der Waals surface area contributed by atoms with Gasteiger partial charge in [0.05, 0.1) is 5.69 Å². The Kier molecular flexibility index (Phi) is 3.28. The topological polar surface area (TPSA) is 92.4 Å². The third kappa shape index (κ3) is 2.59. The van der Waals surface area contributed by atoms with E-state index in [1.165, 1.54) is 12.1 Å². The number of carbonyl (C=O) groups excluding carboxylic acids is 1. The van der Waals surface area contributed by atoms with Gasteiger partial charge in [0.2, 0.25) is 5.76 Å². The van der Waals surface area contributed by atoms with Gasteiger partial charge in [-0.05, 0) is 18.6 Å². The Morgan fingerprint density at radius 2 is 2.16 bits per heavy atom. The van der Waals surface area contributed by atoms with Crippen molar-refractivity contribution in [2.45, 2.75) is 6.92 Å². The number of carbonyl (C=O) groups is 2. The van der Waals surface area contributed by atoms with Crippen LogP contribution in [0.2, 0.25) is 0 Å². The highest BCUT2D eigenvalue weighted by Crippen LogP contribution is 2.19. The van der Waals surface area contributed by atoms with Crippen LogP contribution in [0.1, 0.15) is 26.6 Å². The Hall–Kier alpha value is -2.70. The van der Waals surface area contributed by atoms with Gasteiger partial charge in [0, 0.05) is 6.07 Å². The predicted molar refractivity (Wildman–Crippen MR) is 62.6 cm³/mol. The molecule has 0 bridgehead atoms. The van der Waals surface area contributed by atoms with Crippen LogP contribution in [-0.2, 0) is 0 Å². The number of nitrogens with one attached hydrogen (secondary N) is 1. The van der Waals surface area contributed by atoms with Crippen molar-refractivity contribution in [3.63, 3.8) is 0 Å². The van der Waals surface area contributed by atoms with E-state index in [4.69, 9.17) is 5.11 Å². The summed E-state index contributed by atoms with van der Waals surface area (Å²) in [5, 5.41) is 14.3. The van der Waals surface area contributed by atoms with Gasteiger partial charge in [0.1, 0.15) is 5.82 Å². The minimum absolute atomic E-state index is 0.0207. The normalized spacial score (nSPS) is 10.2. The van der Waals surface area contributed by atoms with Gasteiger partial charge in [-0.25, -0.2) is 9.18 Å². The van der Waals surface area contributed by atoms with Gasteiger partial charge >= 0.3 is 5.97 Å². The molecular weight excluding hydrogens is 255 g/mol. The number of carboxylic acids is 1. The van der Waals surface area contributed by atoms with Crippen LogP contribution in [0, 0.1) is 12.7 Å². The second kappa shape index (κ2) is 4.89. The summed E-state index contributed by atoms with van der Waals surface area (Å²) in [6.45, 7) is 1.63. The fourth-order valence-electron chi connectivity index (χ4n) is 1.45. The monoisotopic (exact) mass is 264 g/mol. The number of para-hydroxylation sites is 1. The highest BCUT2D eigenvalue weighted by atomic mass is 19.1. The maximum Gasteiger partial charge on any atom is 0.374 e. The minimum atomic E-state index is -1.34. The molecule has 19 heavy (non-hydrogen) atoms. The Morgan fingerprint density at radius 3 is 2.74 bits per heavy atom. The average Bonchev–Trinajstić information content (AvgIpc) is 2.83. The lowest BCUT2D eigenvalue weighted by molar-refractivity contribution is 0.0651. The first kappa shape index (κ1) is 12.7. The van der Waals surface area contributed by atoms with E-state index >= 15 is 0 Å². The Bertz CT molecular complexity index is 631. The summed E-state index contributed by atoms with van der Waals surface area (Å²) in [7, 11) is 0. The van der Waals surface area contributed by atoms with E-state index in [2.05, 4.69) is 15.0 Å². The standard InChI is InChI=1S/C12H9FN2O4/c1-6-3-2-4-7(13)10(6)14-11(16)8-5-9(12(17)18)19-15-8/h2-5H,1H3,(H,14,16)(H,17,18). The number of rotatable bonds is 3. The highest BCUT2D eigenvalue weighted by molar-refractivity contribution is 6.04. The molecule has 2 N–H and O–H groups in total. The first-order chi connectivity index (χ1) is 8.99. The van der Waals surface area contributed by atoms with Crippen molar-refractivity contribution >= 4 is 17.6 Å². The van der Waals surface area contributed by atoms with Crippen LogP contribution in [0.4, 0.5) is 10.1 Å². The molecule has 0 atom stereocenters. The van der Waals surface area contributed by atoms with E-state index < -0.39 is 23.5 Å². The predicted octanol–water partition coefficient (Wildman–Crippen LogP) is 2.07. The summed E-state index contributed by atoms with van der Waals surface area (Å²) in [6, 6.07) is 5.31. The zero-order chi connectivity index (χ0) is 14.0. The zero-order valence-corrected chi connectivity index (χ0v) is 9.81. The largest absolute Gasteiger partial charge is 0.475 e. The van der Waals surface area contributed by atoms with Gasteiger partial charge in [-0.15, -0.1) is 0 Å². The van der Waals surface area contributed by atoms with E-state index in [1.807, 2.05) is 0 Å². The number of anilines is 1. The van der Waals surface area contributed by atoms with Crippen molar-refractivity contribution in [3.8, 4) is 0 Å². The maximum atomic E-state index is 13.5. The summed E-state index contributed by atoms with van der Waals surface area (Å²) in [6.07, 6.45) is 0. The number of nitrogens with zero attached hydrogens (tertiary/aromatic N) is 1. The SMILES string of the molecule is Cc1cccc(F)c1NC(=O)c1cc(C(=O)O)on1. The van der Waals surface area contributed by atoms with Crippen LogP contribution >= 0.6 is 0 Å². The highest BCUT2D eigenvalue weighted by Gasteiger charge is 2.18. The molecule has 1 heterocycles. The number of aromatic nitrogens is 1. The van der Waals surface area contributed by atoms with Crippen LogP contribution in [0.15, 0.2) is 28.8 Å². The number of halogens is 1. The second-order valence-corrected chi connectivity index (χ2v) is 3.77. The summed E-state index contributed by atoms with van der Waals surface area (Å²) in [5.41, 5.74) is 0.322. The molecule has 1 aromatic carbocycles. The van der Waals surface area contributed by atoms with E-state index in [0.717, 1.165) is 6.07 Å². The molecule has 6 nitrogen and oxygen atoms in total. The summed E-state index contributed by atoms with van der Waals surface area (Å²) < 4.78 is 17.9. The molecule has 0 aliphatic rings. The Balaban J connectivity index is 2.23. The number of benzene rings is 1. The van der Waals surface area contributed by atoms with Crippen LogP contribution in [-0.4, -0.2) is 22.1 Å². The molecular formula is C12H9FN2O4. The molecule has 1 amide bonds. The molecule has 0 fully saturated rings. The van der Waals surface area contributed by atoms with E-state index in [0.29, 0.717) is 5.56 Å². The summed E-state index contributed by atoms with van der Waals surface area (Å²) in [4.78, 5) is 22.3. The second-order valence-electron chi connectivity index (χ2n) is 3.77. The number of hydrogen-bond acceptors (Lipinski definition) is 4. The van der Waals surface area contributed by atoms with E-state index in [9.17, 15) is 14.0 Å². The summed E-state index contributed by atoms with van der Waals surface area (Å²) >= 11 is 0. The average molecular weight is 264 g/mol.